The van der Waals surface area contributed by atoms with E-state index in [1.807, 2.05) is 0 Å². The summed E-state index contributed by atoms with van der Waals surface area (Å²) in [6, 6.07) is 2.33. The maximum Gasteiger partial charge on any atom is 0.573 e. The van der Waals surface area contributed by atoms with Gasteiger partial charge in [0.05, 0.1) is 16.1 Å². The van der Waals surface area contributed by atoms with Gasteiger partial charge in [-0.2, -0.15) is 13.2 Å². The van der Waals surface area contributed by atoms with Gasteiger partial charge in [-0.05, 0) is 24.3 Å². The molecule has 0 saturated carbocycles. The van der Waals surface area contributed by atoms with Crippen LogP contribution in [0.2, 0.25) is 0 Å². The summed E-state index contributed by atoms with van der Waals surface area (Å²) in [6.07, 6.45) is -13.7. The quantitative estimate of drug-likeness (QED) is 0.257. The van der Waals surface area contributed by atoms with Gasteiger partial charge in [0.2, 0.25) is 6.10 Å². The maximum absolute atomic E-state index is 13.2. The van der Waals surface area contributed by atoms with Gasteiger partial charge >= 0.3 is 18.5 Å². The van der Waals surface area contributed by atoms with Gasteiger partial charge in [-0.3, -0.25) is 0 Å². The standard InChI is InChI=1S/C14H10F6N2O6/c1-6(28-22-21-24)25-12(23)9-5-7-4-8(27-14(18,19)20)2-3-10(7)26-11(9)13(15,16)17/h2-6,11H,1H3,(H,22,24)/t6?,11-/m0/s1. The Morgan fingerprint density at radius 3 is 2.50 bits per heavy atom. The molecule has 1 heterocycles. The van der Waals surface area contributed by atoms with E-state index in [0.717, 1.165) is 25.1 Å². The first-order valence-electron chi connectivity index (χ1n) is 7.16. The third kappa shape index (κ3) is 5.40. The van der Waals surface area contributed by atoms with Crippen LogP contribution in [0.1, 0.15) is 12.5 Å². The summed E-state index contributed by atoms with van der Waals surface area (Å²) >= 11 is 0. The number of benzene rings is 1. The van der Waals surface area contributed by atoms with Crippen molar-refractivity contribution < 1.29 is 55.4 Å². The Hall–Kier alpha value is -3.19. The molecule has 1 aliphatic heterocycles. The van der Waals surface area contributed by atoms with Crippen LogP contribution in [0.25, 0.3) is 6.08 Å². The minimum Gasteiger partial charge on any atom is -0.475 e. The summed E-state index contributed by atoms with van der Waals surface area (Å²) < 4.78 is 89.6. The van der Waals surface area contributed by atoms with Gasteiger partial charge in [0.15, 0.2) is 0 Å². The second-order valence-electron chi connectivity index (χ2n) is 5.14. The van der Waals surface area contributed by atoms with Crippen LogP contribution in [0.4, 0.5) is 26.3 Å². The Labute approximate surface area is 151 Å². The van der Waals surface area contributed by atoms with Gasteiger partial charge in [-0.1, -0.05) is 0 Å². The molecule has 2 atom stereocenters. The van der Waals surface area contributed by atoms with E-state index in [9.17, 15) is 31.1 Å². The molecule has 8 nitrogen and oxygen atoms in total. The maximum atomic E-state index is 13.2. The van der Waals surface area contributed by atoms with Crippen molar-refractivity contribution in [1.29, 1.82) is 0 Å². The predicted molar refractivity (Wildman–Crippen MR) is 74.9 cm³/mol. The van der Waals surface area contributed by atoms with Crippen molar-refractivity contribution in [3.8, 4) is 11.5 Å². The van der Waals surface area contributed by atoms with E-state index in [1.54, 1.807) is 0 Å². The van der Waals surface area contributed by atoms with Gasteiger partial charge in [-0.25, -0.2) is 4.79 Å². The molecule has 0 amide bonds. The molecule has 0 fully saturated rings. The molecule has 0 saturated heterocycles. The van der Waals surface area contributed by atoms with Crippen LogP contribution in [0.3, 0.4) is 0 Å². The van der Waals surface area contributed by atoms with Gasteiger partial charge < -0.3 is 24.3 Å². The Kier molecular flexibility index (Phi) is 5.89. The molecular weight excluding hydrogens is 406 g/mol. The number of nitrogens with zero attached hydrogens (tertiary/aromatic N) is 2. The van der Waals surface area contributed by atoms with E-state index < -0.39 is 48.0 Å². The largest absolute Gasteiger partial charge is 0.573 e. The van der Waals surface area contributed by atoms with Crippen molar-refractivity contribution in [1.82, 2.24) is 0 Å². The van der Waals surface area contributed by atoms with Gasteiger partial charge in [0.1, 0.15) is 11.5 Å². The predicted octanol–water partition coefficient (Wildman–Crippen LogP) is 3.95. The van der Waals surface area contributed by atoms with E-state index in [-0.39, 0.29) is 5.56 Å². The zero-order chi connectivity index (χ0) is 21.1. The van der Waals surface area contributed by atoms with E-state index in [4.69, 9.17) is 9.94 Å². The first kappa shape index (κ1) is 21.1. The number of esters is 1. The van der Waals surface area contributed by atoms with Crippen LogP contribution in [0, 0.1) is 0 Å². The second-order valence-corrected chi connectivity index (χ2v) is 5.14. The number of ether oxygens (including phenoxy) is 3. The van der Waals surface area contributed by atoms with Gasteiger partial charge in [0.25, 0.3) is 6.29 Å². The molecule has 1 unspecified atom stereocenters. The Morgan fingerprint density at radius 2 is 1.93 bits per heavy atom. The Bertz CT molecular complexity index is 792. The molecule has 1 aromatic carbocycles. The van der Waals surface area contributed by atoms with Crippen LogP contribution in [0.15, 0.2) is 34.3 Å². The van der Waals surface area contributed by atoms with Crippen LogP contribution >= 0.6 is 0 Å². The number of carbonyl (C=O) groups excluding carboxylic acids is 1. The lowest BCUT2D eigenvalue weighted by Crippen LogP contribution is -2.41. The van der Waals surface area contributed by atoms with Gasteiger partial charge in [0, 0.05) is 12.5 Å². The highest BCUT2D eigenvalue weighted by molar-refractivity contribution is 5.96. The van der Waals surface area contributed by atoms with E-state index in [2.05, 4.69) is 24.9 Å². The van der Waals surface area contributed by atoms with E-state index in [0.29, 0.717) is 6.08 Å². The van der Waals surface area contributed by atoms with Crippen molar-refractivity contribution in [2.24, 2.45) is 10.6 Å². The Balaban J connectivity index is 2.36. The average Bonchev–Trinajstić information content (AvgIpc) is 2.56. The summed E-state index contributed by atoms with van der Waals surface area (Å²) in [5, 5.41) is 12.9. The summed E-state index contributed by atoms with van der Waals surface area (Å²) in [5.74, 6) is -2.70. The van der Waals surface area contributed by atoms with Crippen molar-refractivity contribution in [2.45, 2.75) is 31.9 Å². The van der Waals surface area contributed by atoms with E-state index in [1.165, 1.54) is 0 Å². The molecule has 0 bridgehead atoms. The fourth-order valence-electron chi connectivity index (χ4n) is 2.11. The zero-order valence-corrected chi connectivity index (χ0v) is 13.6. The van der Waals surface area contributed by atoms with Crippen molar-refractivity contribution >= 4 is 12.0 Å². The summed E-state index contributed by atoms with van der Waals surface area (Å²) in [7, 11) is 0. The molecule has 2 rings (SSSR count). The lowest BCUT2D eigenvalue weighted by Gasteiger charge is -2.28. The molecule has 1 N–H and O–H groups in total. The molecule has 0 aliphatic carbocycles. The molecule has 0 aromatic heterocycles. The van der Waals surface area contributed by atoms with E-state index >= 15 is 0 Å². The van der Waals surface area contributed by atoms with Crippen LogP contribution in [0.5, 0.6) is 11.5 Å². The van der Waals surface area contributed by atoms with Crippen molar-refractivity contribution in [2.75, 3.05) is 0 Å². The fraction of sp³-hybridized carbons (Fsp3) is 0.357. The number of hydrogen-bond acceptors (Lipinski definition) is 7. The molecule has 1 aliphatic rings. The summed E-state index contributed by atoms with van der Waals surface area (Å²) in [6.45, 7) is 1.06. The normalized spacial score (nSPS) is 18.0. The number of halogens is 6. The number of carbonyl (C=O) groups is 1. The number of fused-ring (bicyclic) bond motifs is 1. The summed E-state index contributed by atoms with van der Waals surface area (Å²) in [4.78, 5) is 16.3. The van der Waals surface area contributed by atoms with Crippen LogP contribution < -0.4 is 9.47 Å². The topological polar surface area (TPSA) is 98.9 Å². The molecule has 28 heavy (non-hydrogen) atoms. The molecule has 14 heteroatoms. The number of alkyl halides is 6. The monoisotopic (exact) mass is 416 g/mol. The smallest absolute Gasteiger partial charge is 0.475 e. The second kappa shape index (κ2) is 7.82. The SMILES string of the molecule is CC(O/N=N\O)OC(=O)C1=Cc2cc(OC(F)(F)F)ccc2O[C@@H]1C(F)(F)F. The van der Waals surface area contributed by atoms with Crippen molar-refractivity contribution in [3.63, 3.8) is 0 Å². The van der Waals surface area contributed by atoms with Gasteiger partial charge in [-0.15, -0.1) is 13.2 Å². The fourth-order valence-corrected chi connectivity index (χ4v) is 2.11. The highest BCUT2D eigenvalue weighted by Gasteiger charge is 2.49. The number of rotatable bonds is 5. The minimum absolute atomic E-state index is 0.280. The van der Waals surface area contributed by atoms with Crippen molar-refractivity contribution in [3.05, 3.63) is 29.3 Å². The molecule has 0 spiro atoms. The molecular formula is C14H10F6N2O6. The third-order valence-electron chi connectivity index (χ3n) is 3.09. The lowest BCUT2D eigenvalue weighted by atomic mass is 10.0. The zero-order valence-electron chi connectivity index (χ0n) is 13.6. The average molecular weight is 416 g/mol. The third-order valence-corrected chi connectivity index (χ3v) is 3.09. The highest BCUT2D eigenvalue weighted by atomic mass is 19.4. The first-order valence-corrected chi connectivity index (χ1v) is 7.16. The van der Waals surface area contributed by atoms with Crippen LogP contribution in [-0.2, 0) is 14.4 Å². The summed E-state index contributed by atoms with van der Waals surface area (Å²) in [5.41, 5.74) is -1.33. The highest BCUT2D eigenvalue weighted by Crippen LogP contribution is 2.39. The Morgan fingerprint density at radius 1 is 1.25 bits per heavy atom. The molecule has 154 valence electrons. The van der Waals surface area contributed by atoms with Crippen LogP contribution in [-0.4, -0.2) is 36.1 Å². The number of hydrogen-bond donors (Lipinski definition) is 1. The lowest BCUT2D eigenvalue weighted by molar-refractivity contribution is -0.274. The molecule has 1 aromatic rings. The first-order chi connectivity index (χ1) is 12.9. The minimum atomic E-state index is -5.04. The molecule has 0 radical (unpaired) electrons.